The summed E-state index contributed by atoms with van der Waals surface area (Å²) in [6.07, 6.45) is 2.27. The van der Waals surface area contributed by atoms with Crippen LogP contribution in [0.2, 0.25) is 0 Å². The lowest BCUT2D eigenvalue weighted by Crippen LogP contribution is -2.26. The van der Waals surface area contributed by atoms with Crippen LogP contribution in [0.4, 0.5) is 0 Å². The van der Waals surface area contributed by atoms with Gasteiger partial charge < -0.3 is 15.6 Å². The van der Waals surface area contributed by atoms with Gasteiger partial charge in [0.15, 0.2) is 0 Å². The van der Waals surface area contributed by atoms with Gasteiger partial charge in [0.25, 0.3) is 0 Å². The van der Waals surface area contributed by atoms with Gasteiger partial charge in [-0.1, -0.05) is 36.4 Å². The number of nitrogens with two attached hydrogens (primary N) is 1. The number of ether oxygens (including phenoxy) is 1. The first kappa shape index (κ1) is 13.4. The van der Waals surface area contributed by atoms with Crippen molar-refractivity contribution in [1.82, 2.24) is 0 Å². The summed E-state index contributed by atoms with van der Waals surface area (Å²) in [7, 11) is 0. The highest BCUT2D eigenvalue weighted by Crippen LogP contribution is 2.35. The van der Waals surface area contributed by atoms with E-state index in [4.69, 9.17) is 10.5 Å². The molecule has 1 fully saturated rings. The average molecular weight is 271 g/mol. The van der Waals surface area contributed by atoms with Crippen molar-refractivity contribution < 1.29 is 9.84 Å². The molecular formula is C17H21NO2. The van der Waals surface area contributed by atoms with Crippen LogP contribution in [0.1, 0.15) is 37.8 Å². The van der Waals surface area contributed by atoms with Crippen LogP contribution in [-0.2, 0) is 0 Å². The molecule has 2 aromatic carbocycles. The highest BCUT2D eigenvalue weighted by Gasteiger charge is 2.28. The molecule has 0 heterocycles. The van der Waals surface area contributed by atoms with Crippen LogP contribution in [0, 0.1) is 0 Å². The van der Waals surface area contributed by atoms with E-state index in [9.17, 15) is 5.11 Å². The Morgan fingerprint density at radius 2 is 2.00 bits per heavy atom. The smallest absolute Gasteiger partial charge is 0.132 e. The topological polar surface area (TPSA) is 55.5 Å². The van der Waals surface area contributed by atoms with Crippen molar-refractivity contribution in [1.29, 1.82) is 0 Å². The molecular weight excluding hydrogens is 250 g/mol. The van der Waals surface area contributed by atoms with Gasteiger partial charge in [-0.05, 0) is 31.6 Å². The number of hydrogen-bond acceptors (Lipinski definition) is 3. The largest absolute Gasteiger partial charge is 0.487 e. The Bertz CT molecular complexity index is 609. The van der Waals surface area contributed by atoms with Crippen LogP contribution < -0.4 is 10.5 Å². The first-order valence-corrected chi connectivity index (χ1v) is 7.29. The minimum atomic E-state index is -0.366. The number of aliphatic hydroxyl groups is 1. The van der Waals surface area contributed by atoms with Crippen LogP contribution >= 0.6 is 0 Å². The molecule has 0 spiro atoms. The third-order valence-corrected chi connectivity index (χ3v) is 4.09. The van der Waals surface area contributed by atoms with Gasteiger partial charge in [0, 0.05) is 17.0 Å². The summed E-state index contributed by atoms with van der Waals surface area (Å²) < 4.78 is 6.16. The highest BCUT2D eigenvalue weighted by molar-refractivity contribution is 5.89. The summed E-state index contributed by atoms with van der Waals surface area (Å²) in [6.45, 7) is 1.96. The molecule has 0 saturated heterocycles. The SMILES string of the molecule is CC(N)c1ccc2ccccc2c1OC1CCCC1O. The highest BCUT2D eigenvalue weighted by atomic mass is 16.5. The number of fused-ring (bicyclic) bond motifs is 1. The van der Waals surface area contributed by atoms with Gasteiger partial charge in [-0.15, -0.1) is 0 Å². The molecule has 2 aromatic rings. The van der Waals surface area contributed by atoms with Gasteiger partial charge in [0.1, 0.15) is 11.9 Å². The van der Waals surface area contributed by atoms with E-state index in [2.05, 4.69) is 18.2 Å². The summed E-state index contributed by atoms with van der Waals surface area (Å²) in [6, 6.07) is 12.2. The molecule has 0 aromatic heterocycles. The Balaban J connectivity index is 2.07. The van der Waals surface area contributed by atoms with Crippen LogP contribution in [0.25, 0.3) is 10.8 Å². The van der Waals surface area contributed by atoms with E-state index in [1.807, 2.05) is 25.1 Å². The molecule has 3 N–H and O–H groups in total. The summed E-state index contributed by atoms with van der Waals surface area (Å²) in [5, 5.41) is 12.2. The van der Waals surface area contributed by atoms with Gasteiger partial charge in [-0.2, -0.15) is 0 Å². The van der Waals surface area contributed by atoms with Gasteiger partial charge >= 0.3 is 0 Å². The summed E-state index contributed by atoms with van der Waals surface area (Å²) in [5.74, 6) is 0.837. The first-order chi connectivity index (χ1) is 9.66. The van der Waals surface area contributed by atoms with E-state index in [0.29, 0.717) is 0 Å². The third-order valence-electron chi connectivity index (χ3n) is 4.09. The van der Waals surface area contributed by atoms with E-state index in [1.165, 1.54) is 0 Å². The Hall–Kier alpha value is -1.58. The van der Waals surface area contributed by atoms with Gasteiger partial charge in [-0.25, -0.2) is 0 Å². The Kier molecular flexibility index (Phi) is 3.64. The van der Waals surface area contributed by atoms with Crippen molar-refractivity contribution in [2.45, 2.75) is 44.4 Å². The van der Waals surface area contributed by atoms with Crippen LogP contribution in [0.5, 0.6) is 5.75 Å². The molecule has 3 atom stereocenters. The summed E-state index contributed by atoms with van der Waals surface area (Å²) >= 11 is 0. The Morgan fingerprint density at radius 1 is 1.20 bits per heavy atom. The van der Waals surface area contributed by atoms with Crippen molar-refractivity contribution in [2.75, 3.05) is 0 Å². The number of aliphatic hydroxyl groups excluding tert-OH is 1. The van der Waals surface area contributed by atoms with Gasteiger partial charge in [0.2, 0.25) is 0 Å². The monoisotopic (exact) mass is 271 g/mol. The van der Waals surface area contributed by atoms with E-state index < -0.39 is 0 Å². The average Bonchev–Trinajstić information content (AvgIpc) is 2.84. The molecule has 0 aliphatic heterocycles. The van der Waals surface area contributed by atoms with Crippen LogP contribution in [0.15, 0.2) is 36.4 Å². The molecule has 3 nitrogen and oxygen atoms in total. The second-order valence-corrected chi connectivity index (χ2v) is 5.65. The van der Waals surface area contributed by atoms with Gasteiger partial charge in [0.05, 0.1) is 6.10 Å². The Labute approximate surface area is 119 Å². The van der Waals surface area contributed by atoms with E-state index in [-0.39, 0.29) is 18.2 Å². The second kappa shape index (κ2) is 5.43. The zero-order valence-electron chi connectivity index (χ0n) is 11.8. The zero-order chi connectivity index (χ0) is 14.1. The summed E-state index contributed by atoms with van der Waals surface area (Å²) in [4.78, 5) is 0. The maximum Gasteiger partial charge on any atom is 0.132 e. The lowest BCUT2D eigenvalue weighted by Gasteiger charge is -2.22. The van der Waals surface area contributed by atoms with E-state index in [1.54, 1.807) is 0 Å². The molecule has 3 heteroatoms. The maximum atomic E-state index is 10.00. The summed E-state index contributed by atoms with van der Waals surface area (Å²) in [5.41, 5.74) is 7.07. The predicted molar refractivity (Wildman–Crippen MR) is 80.8 cm³/mol. The molecule has 1 aliphatic rings. The molecule has 1 saturated carbocycles. The minimum absolute atomic E-state index is 0.0897. The Morgan fingerprint density at radius 3 is 2.70 bits per heavy atom. The van der Waals surface area contributed by atoms with Crippen molar-refractivity contribution in [2.24, 2.45) is 5.73 Å². The third kappa shape index (κ3) is 2.39. The molecule has 3 rings (SSSR count). The van der Waals surface area contributed by atoms with Gasteiger partial charge in [-0.3, -0.25) is 0 Å². The molecule has 0 radical (unpaired) electrons. The van der Waals surface area contributed by atoms with Crippen molar-refractivity contribution in [3.05, 3.63) is 42.0 Å². The minimum Gasteiger partial charge on any atom is -0.487 e. The maximum absolute atomic E-state index is 10.00. The van der Waals surface area contributed by atoms with Crippen molar-refractivity contribution >= 4 is 10.8 Å². The first-order valence-electron chi connectivity index (χ1n) is 7.29. The molecule has 1 aliphatic carbocycles. The van der Waals surface area contributed by atoms with E-state index >= 15 is 0 Å². The number of benzene rings is 2. The molecule has 0 bridgehead atoms. The number of rotatable bonds is 3. The lowest BCUT2D eigenvalue weighted by atomic mass is 10.0. The molecule has 20 heavy (non-hydrogen) atoms. The molecule has 0 amide bonds. The lowest BCUT2D eigenvalue weighted by molar-refractivity contribution is 0.0606. The normalized spacial score (nSPS) is 23.9. The zero-order valence-corrected chi connectivity index (χ0v) is 11.8. The van der Waals surface area contributed by atoms with Crippen molar-refractivity contribution in [3.63, 3.8) is 0 Å². The fourth-order valence-corrected chi connectivity index (χ4v) is 2.95. The predicted octanol–water partition coefficient (Wildman–Crippen LogP) is 3.15. The fraction of sp³-hybridized carbons (Fsp3) is 0.412. The molecule has 3 unspecified atom stereocenters. The number of hydrogen-bond donors (Lipinski definition) is 2. The molecule has 106 valence electrons. The van der Waals surface area contributed by atoms with Crippen molar-refractivity contribution in [3.8, 4) is 5.75 Å². The van der Waals surface area contributed by atoms with Crippen LogP contribution in [0.3, 0.4) is 0 Å². The fourth-order valence-electron chi connectivity index (χ4n) is 2.95. The van der Waals surface area contributed by atoms with E-state index in [0.717, 1.165) is 41.3 Å². The standard InChI is InChI=1S/C17H21NO2/c1-11(18)13-10-9-12-5-2-3-6-14(12)17(13)20-16-8-4-7-15(16)19/h2-3,5-6,9-11,15-16,19H,4,7-8,18H2,1H3. The quantitative estimate of drug-likeness (QED) is 0.901. The second-order valence-electron chi connectivity index (χ2n) is 5.65. The van der Waals surface area contributed by atoms with Crippen LogP contribution in [-0.4, -0.2) is 17.3 Å².